The maximum atomic E-state index is 12.2. The van der Waals surface area contributed by atoms with Crippen molar-refractivity contribution in [3.8, 4) is 0 Å². The lowest BCUT2D eigenvalue weighted by Crippen LogP contribution is -2.30. The van der Waals surface area contributed by atoms with Gasteiger partial charge >= 0.3 is 0 Å². The molecule has 0 heterocycles. The fourth-order valence-corrected chi connectivity index (χ4v) is 2.35. The molecule has 114 valence electrons. The number of carbonyl (C=O) groups excluding carboxylic acids is 2. The van der Waals surface area contributed by atoms with E-state index in [0.29, 0.717) is 29.6 Å². The van der Waals surface area contributed by atoms with Gasteiger partial charge in [-0.3, -0.25) is 9.59 Å². The van der Waals surface area contributed by atoms with Gasteiger partial charge in [-0.25, -0.2) is 0 Å². The van der Waals surface area contributed by atoms with Crippen LogP contribution >= 0.6 is 11.6 Å². The largest absolute Gasteiger partial charge is 0.356 e. The molecule has 2 rings (SSSR count). The Hall–Kier alpha value is -1.55. The van der Waals surface area contributed by atoms with Crippen LogP contribution in [0.4, 0.5) is 5.69 Å². The van der Waals surface area contributed by atoms with Gasteiger partial charge in [0.15, 0.2) is 0 Å². The highest BCUT2D eigenvalue weighted by Gasteiger charge is 2.47. The zero-order chi connectivity index (χ0) is 15.6. The van der Waals surface area contributed by atoms with Gasteiger partial charge in [0.25, 0.3) is 0 Å². The second-order valence-electron chi connectivity index (χ2n) is 5.99. The first kappa shape index (κ1) is 15.8. The number of nitrogens with one attached hydrogen (secondary N) is 2. The van der Waals surface area contributed by atoms with E-state index in [0.717, 1.165) is 5.56 Å². The summed E-state index contributed by atoms with van der Waals surface area (Å²) in [4.78, 5) is 24.0. The quantitative estimate of drug-likeness (QED) is 0.878. The second-order valence-corrected chi connectivity index (χ2v) is 6.40. The van der Waals surface area contributed by atoms with E-state index in [9.17, 15) is 9.59 Å². The van der Waals surface area contributed by atoms with Crippen molar-refractivity contribution in [3.05, 3.63) is 28.8 Å². The summed E-state index contributed by atoms with van der Waals surface area (Å²) < 4.78 is 0. The highest BCUT2D eigenvalue weighted by atomic mass is 35.5. The zero-order valence-electron chi connectivity index (χ0n) is 12.6. The third-order valence-corrected chi connectivity index (χ3v) is 4.08. The van der Waals surface area contributed by atoms with Crippen LogP contribution in [0.15, 0.2) is 18.2 Å². The third kappa shape index (κ3) is 3.97. The molecule has 0 aromatic heterocycles. The first-order valence-electron chi connectivity index (χ1n) is 7.23. The van der Waals surface area contributed by atoms with Crippen molar-refractivity contribution in [2.24, 2.45) is 17.8 Å². The lowest BCUT2D eigenvalue weighted by Gasteiger charge is -2.10. The average molecular weight is 309 g/mol. The maximum absolute atomic E-state index is 12.2. The van der Waals surface area contributed by atoms with Gasteiger partial charge in [0, 0.05) is 17.3 Å². The Balaban J connectivity index is 1.89. The number of carbonyl (C=O) groups is 2. The van der Waals surface area contributed by atoms with Crippen molar-refractivity contribution in [3.63, 3.8) is 0 Å². The summed E-state index contributed by atoms with van der Waals surface area (Å²) in [5, 5.41) is 6.35. The molecule has 1 saturated carbocycles. The Morgan fingerprint density at radius 2 is 1.95 bits per heavy atom. The molecule has 1 aromatic rings. The van der Waals surface area contributed by atoms with E-state index in [1.807, 2.05) is 26.8 Å². The summed E-state index contributed by atoms with van der Waals surface area (Å²) >= 11 is 6.03. The van der Waals surface area contributed by atoms with Crippen molar-refractivity contribution in [2.45, 2.75) is 27.2 Å². The van der Waals surface area contributed by atoms with Crippen molar-refractivity contribution in [1.82, 2.24) is 5.32 Å². The SMILES string of the molecule is Cc1c(Cl)cccc1NC(=O)C1CC1C(=O)NCC(C)C. The molecule has 0 spiro atoms. The van der Waals surface area contributed by atoms with Gasteiger partial charge in [-0.15, -0.1) is 0 Å². The molecule has 5 heteroatoms. The minimum atomic E-state index is -0.226. The van der Waals surface area contributed by atoms with Gasteiger partial charge in [0.2, 0.25) is 11.8 Å². The molecule has 4 nitrogen and oxygen atoms in total. The normalized spacial score (nSPS) is 20.2. The van der Waals surface area contributed by atoms with Crippen LogP contribution in [0, 0.1) is 24.7 Å². The van der Waals surface area contributed by atoms with E-state index in [4.69, 9.17) is 11.6 Å². The van der Waals surface area contributed by atoms with Gasteiger partial charge in [-0.05, 0) is 37.0 Å². The summed E-state index contributed by atoms with van der Waals surface area (Å²) in [6, 6.07) is 5.39. The molecule has 1 aliphatic rings. The number of benzene rings is 1. The predicted molar refractivity (Wildman–Crippen MR) is 84.3 cm³/mol. The van der Waals surface area contributed by atoms with Gasteiger partial charge in [0.05, 0.1) is 11.8 Å². The van der Waals surface area contributed by atoms with E-state index in [1.54, 1.807) is 12.1 Å². The van der Waals surface area contributed by atoms with Crippen LogP contribution < -0.4 is 10.6 Å². The molecular weight excluding hydrogens is 288 g/mol. The fraction of sp³-hybridized carbons (Fsp3) is 0.500. The van der Waals surface area contributed by atoms with E-state index >= 15 is 0 Å². The Bertz CT molecular complexity index is 557. The first-order chi connectivity index (χ1) is 9.90. The predicted octanol–water partition coefficient (Wildman–Crippen LogP) is 3.00. The monoisotopic (exact) mass is 308 g/mol. The number of hydrogen-bond acceptors (Lipinski definition) is 2. The molecule has 2 unspecified atom stereocenters. The Kier molecular flexibility index (Phi) is 4.88. The lowest BCUT2D eigenvalue weighted by molar-refractivity contribution is -0.125. The van der Waals surface area contributed by atoms with Crippen molar-refractivity contribution in [1.29, 1.82) is 0 Å². The molecule has 0 bridgehead atoms. The number of hydrogen-bond donors (Lipinski definition) is 2. The number of anilines is 1. The molecule has 1 aromatic carbocycles. The Morgan fingerprint density at radius 3 is 2.62 bits per heavy atom. The Morgan fingerprint density at radius 1 is 1.29 bits per heavy atom. The summed E-state index contributed by atoms with van der Waals surface area (Å²) in [5.74, 6) is -0.135. The fourth-order valence-electron chi connectivity index (χ4n) is 2.18. The van der Waals surface area contributed by atoms with Gasteiger partial charge in [-0.1, -0.05) is 31.5 Å². The van der Waals surface area contributed by atoms with E-state index in [1.165, 1.54) is 0 Å². The number of halogens is 1. The highest BCUT2D eigenvalue weighted by molar-refractivity contribution is 6.31. The maximum Gasteiger partial charge on any atom is 0.228 e. The van der Waals surface area contributed by atoms with E-state index < -0.39 is 0 Å². The lowest BCUT2D eigenvalue weighted by atomic mass is 10.2. The van der Waals surface area contributed by atoms with Gasteiger partial charge in [-0.2, -0.15) is 0 Å². The molecule has 1 fully saturated rings. The zero-order valence-corrected chi connectivity index (χ0v) is 13.3. The number of amides is 2. The average Bonchev–Trinajstić information content (AvgIpc) is 3.21. The third-order valence-electron chi connectivity index (χ3n) is 3.67. The van der Waals surface area contributed by atoms with Crippen molar-refractivity contribution < 1.29 is 9.59 Å². The molecule has 1 aliphatic carbocycles. The van der Waals surface area contributed by atoms with Crippen LogP contribution in [0.25, 0.3) is 0 Å². The summed E-state index contributed by atoms with van der Waals surface area (Å²) in [5.41, 5.74) is 1.55. The van der Waals surface area contributed by atoms with Crippen molar-refractivity contribution in [2.75, 3.05) is 11.9 Å². The highest BCUT2D eigenvalue weighted by Crippen LogP contribution is 2.39. The smallest absolute Gasteiger partial charge is 0.228 e. The standard InChI is InChI=1S/C16H21ClN2O2/c1-9(2)8-18-15(20)11-7-12(11)16(21)19-14-6-4-5-13(17)10(14)3/h4-6,9,11-12H,7-8H2,1-3H3,(H,18,20)(H,19,21). The van der Waals surface area contributed by atoms with E-state index in [-0.39, 0.29) is 23.7 Å². The molecule has 2 atom stereocenters. The Labute approximate surface area is 130 Å². The van der Waals surface area contributed by atoms with Crippen LogP contribution in [0.2, 0.25) is 5.02 Å². The van der Waals surface area contributed by atoms with Crippen LogP contribution in [0.3, 0.4) is 0 Å². The summed E-state index contributed by atoms with van der Waals surface area (Å²) in [6.07, 6.45) is 0.620. The van der Waals surface area contributed by atoms with Crippen LogP contribution in [-0.4, -0.2) is 18.4 Å². The molecule has 0 saturated heterocycles. The van der Waals surface area contributed by atoms with E-state index in [2.05, 4.69) is 10.6 Å². The van der Waals surface area contributed by atoms with Crippen LogP contribution in [0.1, 0.15) is 25.8 Å². The molecular formula is C16H21ClN2O2. The minimum Gasteiger partial charge on any atom is -0.356 e. The molecule has 0 radical (unpaired) electrons. The van der Waals surface area contributed by atoms with Crippen LogP contribution in [0.5, 0.6) is 0 Å². The summed E-state index contributed by atoms with van der Waals surface area (Å²) in [7, 11) is 0. The first-order valence-corrected chi connectivity index (χ1v) is 7.61. The topological polar surface area (TPSA) is 58.2 Å². The number of rotatable bonds is 5. The van der Waals surface area contributed by atoms with Gasteiger partial charge < -0.3 is 10.6 Å². The molecule has 21 heavy (non-hydrogen) atoms. The second kappa shape index (κ2) is 6.48. The van der Waals surface area contributed by atoms with Crippen molar-refractivity contribution >= 4 is 29.1 Å². The molecule has 0 aliphatic heterocycles. The summed E-state index contributed by atoms with van der Waals surface area (Å²) in [6.45, 7) is 6.59. The molecule has 2 amide bonds. The van der Waals surface area contributed by atoms with Crippen LogP contribution in [-0.2, 0) is 9.59 Å². The minimum absolute atomic E-state index is 0.0216. The molecule has 2 N–H and O–H groups in total. The van der Waals surface area contributed by atoms with Gasteiger partial charge in [0.1, 0.15) is 0 Å².